The van der Waals surface area contributed by atoms with Gasteiger partial charge in [-0.15, -0.1) is 0 Å². The van der Waals surface area contributed by atoms with Crippen molar-refractivity contribution in [3.05, 3.63) is 154 Å². The molecule has 0 unspecified atom stereocenters. The summed E-state index contributed by atoms with van der Waals surface area (Å²) in [4.78, 5) is 3.64. The van der Waals surface area contributed by atoms with Gasteiger partial charge in [0.25, 0.3) is 0 Å². The summed E-state index contributed by atoms with van der Waals surface area (Å²) in [7, 11) is 7.24. The second-order valence-electron chi connectivity index (χ2n) is 17.6. The molecule has 2 aliphatic rings. The van der Waals surface area contributed by atoms with Crippen molar-refractivity contribution in [2.24, 2.45) is 0 Å². The van der Waals surface area contributed by atoms with Gasteiger partial charge in [0, 0.05) is 50.3 Å². The Morgan fingerprint density at radius 1 is 0.400 bits per heavy atom. The zero-order chi connectivity index (χ0) is 42.7. The van der Waals surface area contributed by atoms with E-state index in [4.69, 9.17) is 7.85 Å². The number of phenolic OH excluding ortho intramolecular Hbond substituents is 5. The molecule has 2 aliphatic carbocycles. The van der Waals surface area contributed by atoms with Gasteiger partial charge in [0.05, 0.1) is 5.69 Å². The lowest BCUT2D eigenvalue weighted by molar-refractivity contribution is 0.396. The number of aromatic hydroxyl groups is 5. The van der Waals surface area contributed by atoms with E-state index in [1.807, 2.05) is 169 Å². The van der Waals surface area contributed by atoms with Crippen molar-refractivity contribution in [3.63, 3.8) is 0 Å². The molecule has 0 saturated heterocycles. The van der Waals surface area contributed by atoms with E-state index >= 15 is 0 Å². The number of rotatable bonds is 6. The molecule has 7 aromatic carbocycles. The lowest BCUT2D eigenvalue weighted by atomic mass is 9.73. The summed E-state index contributed by atoms with van der Waals surface area (Å²) >= 11 is 0. The van der Waals surface area contributed by atoms with Crippen molar-refractivity contribution in [1.82, 2.24) is 0 Å². The average Bonchev–Trinajstić information content (AvgIpc) is 3.60. The minimum Gasteiger partial charge on any atom is -0.505 e. The van der Waals surface area contributed by atoms with Crippen LogP contribution in [0.3, 0.4) is 0 Å². The highest BCUT2D eigenvalue weighted by atomic mass is 16.3. The Bertz CT molecular complexity index is 2610. The van der Waals surface area contributed by atoms with Gasteiger partial charge in [0.2, 0.25) is 0 Å². The van der Waals surface area contributed by atoms with Crippen LogP contribution in [0.2, 0.25) is 0 Å². The van der Waals surface area contributed by atoms with Crippen LogP contribution in [0.4, 0.5) is 34.1 Å². The van der Waals surface area contributed by atoms with E-state index in [-0.39, 0.29) is 34.4 Å². The molecular weight excluding hydrogens is 743 g/mol. The van der Waals surface area contributed by atoms with Crippen molar-refractivity contribution in [2.75, 3.05) is 9.80 Å². The molecule has 0 atom stereocenters. The zero-order valence-electron chi connectivity index (χ0n) is 35.1. The lowest BCUT2D eigenvalue weighted by Crippen LogP contribution is -2.29. The SMILES string of the molecule is [B]c1c(N(c2ccc(C)cc2)c2ccc(C)cc2)c(O)c(O)c2c1C(C)(C)c1cc3c(cc1-2)C(C)(C)c1c(O)c(N(c2ccc(C)cc2)c2ccc(C)cc2)c(O)c(O)c1-3. The van der Waals surface area contributed by atoms with Gasteiger partial charge in [-0.05, 0) is 116 Å². The Labute approximate surface area is 352 Å². The molecule has 60 heavy (non-hydrogen) atoms. The second-order valence-corrected chi connectivity index (χ2v) is 17.6. The summed E-state index contributed by atoms with van der Waals surface area (Å²) in [6.45, 7) is 16.0. The number of anilines is 6. The maximum absolute atomic E-state index is 12.5. The van der Waals surface area contributed by atoms with E-state index in [2.05, 4.69) is 0 Å². The number of hydrogen-bond acceptors (Lipinski definition) is 7. The number of phenols is 5. The Hall–Kier alpha value is -6.80. The molecule has 0 aliphatic heterocycles. The molecule has 8 heteroatoms. The molecule has 0 heterocycles. The fraction of sp³-hybridized carbons (Fsp3) is 0.192. The third-order valence-electron chi connectivity index (χ3n) is 12.8. The molecule has 5 N–H and O–H groups in total. The summed E-state index contributed by atoms with van der Waals surface area (Å²) in [6.07, 6.45) is 0. The molecule has 0 fully saturated rings. The standard InChI is InChI=1S/C52H47BN2O5/c1-27-9-17-31(18-10-27)54(32-19-11-28(2)12-20-32)44-43(53)41-39(46(56)49(44)59)35-25-38-36(26-37(35)51(41,5)6)40-42(52(38,7)8)48(58)45(50(60)47(40)57)55(33-21-13-29(3)14-22-33)34-23-15-30(4)16-24-34/h9-26,56-60H,1-8H3. The van der Waals surface area contributed by atoms with E-state index in [1.165, 1.54) is 0 Å². The maximum Gasteiger partial charge on any atom is 0.186 e. The monoisotopic (exact) mass is 790 g/mol. The second kappa shape index (κ2) is 13.4. The molecule has 0 spiro atoms. The molecule has 0 aromatic heterocycles. The van der Waals surface area contributed by atoms with Gasteiger partial charge in [0.15, 0.2) is 23.0 Å². The first kappa shape index (κ1) is 38.7. The summed E-state index contributed by atoms with van der Waals surface area (Å²) in [5, 5.41) is 61.0. The first-order valence-electron chi connectivity index (χ1n) is 20.2. The Kier molecular flexibility index (Phi) is 8.62. The summed E-state index contributed by atoms with van der Waals surface area (Å²) in [6, 6.07) is 35.3. The largest absolute Gasteiger partial charge is 0.505 e. The molecule has 9 rings (SSSR count). The Balaban J connectivity index is 1.25. The van der Waals surface area contributed by atoms with Crippen LogP contribution in [-0.2, 0) is 10.8 Å². The Morgan fingerprint density at radius 2 is 0.700 bits per heavy atom. The van der Waals surface area contributed by atoms with Crippen molar-refractivity contribution in [3.8, 4) is 51.0 Å². The fourth-order valence-corrected chi connectivity index (χ4v) is 9.55. The van der Waals surface area contributed by atoms with Gasteiger partial charge in [0.1, 0.15) is 19.3 Å². The predicted octanol–water partition coefficient (Wildman–Crippen LogP) is 11.8. The van der Waals surface area contributed by atoms with Gasteiger partial charge >= 0.3 is 0 Å². The van der Waals surface area contributed by atoms with Crippen LogP contribution in [0.15, 0.2) is 109 Å². The molecule has 7 nitrogen and oxygen atoms in total. The van der Waals surface area contributed by atoms with Gasteiger partial charge in [-0.2, -0.15) is 0 Å². The summed E-state index contributed by atoms with van der Waals surface area (Å²) in [5.74, 6) is -1.62. The number of fused-ring (bicyclic) bond motifs is 6. The number of aryl methyl sites for hydroxylation is 4. The first-order valence-corrected chi connectivity index (χ1v) is 20.2. The van der Waals surface area contributed by atoms with Crippen molar-refractivity contribution < 1.29 is 25.5 Å². The van der Waals surface area contributed by atoms with Crippen LogP contribution in [0.1, 0.15) is 72.2 Å². The van der Waals surface area contributed by atoms with E-state index in [0.717, 1.165) is 44.8 Å². The van der Waals surface area contributed by atoms with E-state index in [9.17, 15) is 25.5 Å². The minimum atomic E-state index is -0.903. The third-order valence-corrected chi connectivity index (χ3v) is 12.8. The van der Waals surface area contributed by atoms with E-state index in [1.54, 1.807) is 4.90 Å². The van der Waals surface area contributed by atoms with Gasteiger partial charge in [-0.25, -0.2) is 0 Å². The summed E-state index contributed by atoms with van der Waals surface area (Å²) < 4.78 is 0. The summed E-state index contributed by atoms with van der Waals surface area (Å²) in [5.41, 5.74) is 10.9. The fourth-order valence-electron chi connectivity index (χ4n) is 9.55. The van der Waals surface area contributed by atoms with Crippen LogP contribution in [0.5, 0.6) is 28.7 Å². The number of benzene rings is 7. The van der Waals surface area contributed by atoms with Crippen molar-refractivity contribution in [2.45, 2.75) is 66.2 Å². The van der Waals surface area contributed by atoms with Gasteiger partial charge < -0.3 is 35.3 Å². The predicted molar refractivity (Wildman–Crippen MR) is 244 cm³/mol. The Morgan fingerprint density at radius 3 is 1.07 bits per heavy atom. The molecule has 0 amide bonds. The quantitative estimate of drug-likeness (QED) is 0.0648. The molecule has 298 valence electrons. The smallest absolute Gasteiger partial charge is 0.186 e. The first-order chi connectivity index (χ1) is 28.4. The number of hydrogen-bond donors (Lipinski definition) is 5. The topological polar surface area (TPSA) is 108 Å². The lowest BCUT2D eigenvalue weighted by Gasteiger charge is -2.32. The van der Waals surface area contributed by atoms with Crippen molar-refractivity contribution >= 4 is 47.4 Å². The van der Waals surface area contributed by atoms with E-state index < -0.39 is 16.6 Å². The van der Waals surface area contributed by atoms with E-state index in [0.29, 0.717) is 50.2 Å². The number of nitrogens with zero attached hydrogens (tertiary/aromatic N) is 2. The molecule has 0 saturated carbocycles. The van der Waals surface area contributed by atoms with Crippen LogP contribution in [0, 0.1) is 27.7 Å². The zero-order valence-corrected chi connectivity index (χ0v) is 35.1. The van der Waals surface area contributed by atoms with Crippen LogP contribution in [0.25, 0.3) is 22.3 Å². The average molecular weight is 791 g/mol. The molecule has 2 radical (unpaired) electrons. The molecule has 0 bridgehead atoms. The highest BCUT2D eigenvalue weighted by Crippen LogP contribution is 2.66. The molecule has 7 aromatic rings. The molecular formula is C52H47BN2O5. The third kappa shape index (κ3) is 5.50. The normalized spacial score (nSPS) is 14.0. The van der Waals surface area contributed by atoms with Gasteiger partial charge in [-0.1, -0.05) is 104 Å². The highest BCUT2D eigenvalue weighted by molar-refractivity contribution is 6.39. The maximum atomic E-state index is 12.5. The van der Waals surface area contributed by atoms with Crippen LogP contribution in [-0.4, -0.2) is 33.4 Å². The van der Waals surface area contributed by atoms with Crippen molar-refractivity contribution in [1.29, 1.82) is 0 Å². The van der Waals surface area contributed by atoms with Crippen LogP contribution < -0.4 is 15.3 Å². The minimum absolute atomic E-state index is 0.0626. The van der Waals surface area contributed by atoms with Gasteiger partial charge in [-0.3, -0.25) is 0 Å². The van der Waals surface area contributed by atoms with Crippen LogP contribution >= 0.6 is 0 Å². The highest BCUT2D eigenvalue weighted by Gasteiger charge is 2.48.